The first-order valence-electron chi connectivity index (χ1n) is 7.65. The number of thioether (sulfide) groups is 1. The molecule has 0 atom stereocenters. The second-order valence-electron chi connectivity index (χ2n) is 4.83. The second kappa shape index (κ2) is 14.9. The fourth-order valence-electron chi connectivity index (χ4n) is 1.74. The topological polar surface area (TPSA) is 29.1 Å². The summed E-state index contributed by atoms with van der Waals surface area (Å²) >= 11 is 2.06. The van der Waals surface area contributed by atoms with Crippen molar-refractivity contribution in [1.82, 2.24) is 5.32 Å². The molecule has 3 heteroatoms. The average Bonchev–Trinajstić information content (AvgIpc) is 2.37. The minimum Gasteiger partial charge on any atom is -0.356 e. The lowest BCUT2D eigenvalue weighted by atomic mass is 10.2. The Hall–Kier alpha value is -0.180. The van der Waals surface area contributed by atoms with Gasteiger partial charge in [-0.05, 0) is 37.2 Å². The van der Waals surface area contributed by atoms with Crippen molar-refractivity contribution < 1.29 is 4.79 Å². The molecule has 2 nitrogen and oxygen atoms in total. The van der Waals surface area contributed by atoms with Crippen LogP contribution >= 0.6 is 11.8 Å². The molecular formula is C15H31NOS. The summed E-state index contributed by atoms with van der Waals surface area (Å²) in [6.45, 7) is 5.27. The van der Waals surface area contributed by atoms with E-state index < -0.39 is 0 Å². The van der Waals surface area contributed by atoms with E-state index in [1.54, 1.807) is 0 Å². The van der Waals surface area contributed by atoms with Crippen molar-refractivity contribution >= 4 is 17.7 Å². The molecule has 0 aromatic rings. The van der Waals surface area contributed by atoms with Crippen molar-refractivity contribution in [2.75, 3.05) is 18.1 Å². The molecule has 1 N–H and O–H groups in total. The van der Waals surface area contributed by atoms with Crippen molar-refractivity contribution in [3.05, 3.63) is 0 Å². The summed E-state index contributed by atoms with van der Waals surface area (Å²) < 4.78 is 0. The van der Waals surface area contributed by atoms with Crippen LogP contribution in [0.3, 0.4) is 0 Å². The first kappa shape index (κ1) is 17.8. The molecule has 0 unspecified atom stereocenters. The van der Waals surface area contributed by atoms with E-state index in [1.807, 2.05) is 0 Å². The predicted molar refractivity (Wildman–Crippen MR) is 83.2 cm³/mol. The van der Waals surface area contributed by atoms with Crippen LogP contribution in [-0.2, 0) is 4.79 Å². The molecule has 18 heavy (non-hydrogen) atoms. The van der Waals surface area contributed by atoms with Gasteiger partial charge in [-0.2, -0.15) is 11.8 Å². The van der Waals surface area contributed by atoms with Crippen LogP contribution < -0.4 is 5.32 Å². The number of unbranched alkanes of at least 4 members (excludes halogenated alkanes) is 5. The Bertz CT molecular complexity index is 185. The molecule has 0 aliphatic rings. The maximum Gasteiger partial charge on any atom is 0.219 e. The maximum atomic E-state index is 11.4. The standard InChI is InChI=1S/C15H31NOS/c1-3-5-7-11-15(17)16-12-8-10-14-18-13-9-6-4-2/h3-14H2,1-2H3,(H,16,17). The van der Waals surface area contributed by atoms with Crippen LogP contribution in [-0.4, -0.2) is 24.0 Å². The molecule has 1 amide bonds. The highest BCUT2D eigenvalue weighted by atomic mass is 32.2. The summed E-state index contributed by atoms with van der Waals surface area (Å²) in [7, 11) is 0. The van der Waals surface area contributed by atoms with Gasteiger partial charge < -0.3 is 5.32 Å². The van der Waals surface area contributed by atoms with Crippen LogP contribution in [0.15, 0.2) is 0 Å². The van der Waals surface area contributed by atoms with Crippen LogP contribution in [0.4, 0.5) is 0 Å². The minimum absolute atomic E-state index is 0.235. The molecular weight excluding hydrogens is 242 g/mol. The quantitative estimate of drug-likeness (QED) is 0.504. The van der Waals surface area contributed by atoms with E-state index in [-0.39, 0.29) is 5.91 Å². The maximum absolute atomic E-state index is 11.4. The van der Waals surface area contributed by atoms with Crippen LogP contribution in [0.25, 0.3) is 0 Å². The zero-order valence-corrected chi connectivity index (χ0v) is 13.1. The Labute approximate surface area is 118 Å². The van der Waals surface area contributed by atoms with Gasteiger partial charge in [-0.3, -0.25) is 4.79 Å². The number of amides is 1. The van der Waals surface area contributed by atoms with Crippen molar-refractivity contribution in [1.29, 1.82) is 0 Å². The molecule has 0 aliphatic heterocycles. The van der Waals surface area contributed by atoms with Gasteiger partial charge in [0.05, 0.1) is 0 Å². The van der Waals surface area contributed by atoms with Gasteiger partial charge in [-0.1, -0.05) is 39.5 Å². The van der Waals surface area contributed by atoms with Gasteiger partial charge in [0.1, 0.15) is 0 Å². The highest BCUT2D eigenvalue weighted by Crippen LogP contribution is 2.08. The monoisotopic (exact) mass is 273 g/mol. The minimum atomic E-state index is 0.235. The summed E-state index contributed by atoms with van der Waals surface area (Å²) in [5.74, 6) is 2.78. The van der Waals surface area contributed by atoms with E-state index >= 15 is 0 Å². The van der Waals surface area contributed by atoms with E-state index in [0.717, 1.165) is 19.4 Å². The van der Waals surface area contributed by atoms with Gasteiger partial charge in [0.15, 0.2) is 0 Å². The van der Waals surface area contributed by atoms with E-state index in [4.69, 9.17) is 0 Å². The molecule has 108 valence electrons. The Kier molecular flexibility index (Phi) is 14.7. The predicted octanol–water partition coefficient (Wildman–Crippen LogP) is 4.39. The normalized spacial score (nSPS) is 10.6. The van der Waals surface area contributed by atoms with Crippen LogP contribution in [0.5, 0.6) is 0 Å². The fraction of sp³-hybridized carbons (Fsp3) is 0.933. The van der Waals surface area contributed by atoms with Gasteiger partial charge in [-0.15, -0.1) is 0 Å². The summed E-state index contributed by atoms with van der Waals surface area (Å²) in [6.07, 6.45) is 10.5. The number of hydrogen-bond acceptors (Lipinski definition) is 2. The van der Waals surface area contributed by atoms with Crippen molar-refractivity contribution in [3.63, 3.8) is 0 Å². The van der Waals surface area contributed by atoms with E-state index in [0.29, 0.717) is 6.42 Å². The van der Waals surface area contributed by atoms with Gasteiger partial charge in [0.25, 0.3) is 0 Å². The summed E-state index contributed by atoms with van der Waals surface area (Å²) in [4.78, 5) is 11.4. The summed E-state index contributed by atoms with van der Waals surface area (Å²) in [5, 5.41) is 3.00. The lowest BCUT2D eigenvalue weighted by molar-refractivity contribution is -0.121. The van der Waals surface area contributed by atoms with E-state index in [9.17, 15) is 4.79 Å². The molecule has 0 heterocycles. The molecule has 0 rings (SSSR count). The van der Waals surface area contributed by atoms with Crippen LogP contribution in [0.1, 0.15) is 71.6 Å². The molecule has 0 fully saturated rings. The van der Waals surface area contributed by atoms with Crippen LogP contribution in [0, 0.1) is 0 Å². The molecule has 0 saturated carbocycles. The molecule has 0 aromatic heterocycles. The largest absolute Gasteiger partial charge is 0.356 e. The lowest BCUT2D eigenvalue weighted by Gasteiger charge is -2.05. The van der Waals surface area contributed by atoms with Crippen molar-refractivity contribution in [2.45, 2.75) is 71.6 Å². The van der Waals surface area contributed by atoms with E-state index in [2.05, 4.69) is 30.9 Å². The molecule has 0 aliphatic carbocycles. The fourth-order valence-corrected chi connectivity index (χ4v) is 2.76. The van der Waals surface area contributed by atoms with Gasteiger partial charge in [-0.25, -0.2) is 0 Å². The Balaban J connectivity index is 3.08. The molecule has 0 bridgehead atoms. The van der Waals surface area contributed by atoms with Crippen molar-refractivity contribution in [3.8, 4) is 0 Å². The third-order valence-corrected chi connectivity index (χ3v) is 4.09. The first-order chi connectivity index (χ1) is 8.81. The van der Waals surface area contributed by atoms with Gasteiger partial charge >= 0.3 is 0 Å². The smallest absolute Gasteiger partial charge is 0.219 e. The number of carbonyl (C=O) groups is 1. The van der Waals surface area contributed by atoms with Gasteiger partial charge in [0, 0.05) is 13.0 Å². The highest BCUT2D eigenvalue weighted by Gasteiger charge is 1.99. The van der Waals surface area contributed by atoms with Gasteiger partial charge in [0.2, 0.25) is 5.91 Å². The Morgan fingerprint density at radius 2 is 1.50 bits per heavy atom. The summed E-state index contributed by atoms with van der Waals surface area (Å²) in [6, 6.07) is 0. The van der Waals surface area contributed by atoms with Crippen LogP contribution in [0.2, 0.25) is 0 Å². The molecule has 0 aromatic carbocycles. The highest BCUT2D eigenvalue weighted by molar-refractivity contribution is 7.99. The molecule has 0 radical (unpaired) electrons. The summed E-state index contributed by atoms with van der Waals surface area (Å²) in [5.41, 5.74) is 0. The number of carbonyl (C=O) groups excluding carboxylic acids is 1. The molecule has 0 saturated heterocycles. The molecule has 0 spiro atoms. The van der Waals surface area contributed by atoms with E-state index in [1.165, 1.54) is 50.0 Å². The zero-order valence-electron chi connectivity index (χ0n) is 12.3. The second-order valence-corrected chi connectivity index (χ2v) is 6.06. The third kappa shape index (κ3) is 13.9. The Morgan fingerprint density at radius 1 is 0.889 bits per heavy atom. The van der Waals surface area contributed by atoms with Crippen molar-refractivity contribution in [2.24, 2.45) is 0 Å². The zero-order chi connectivity index (χ0) is 13.5. The Morgan fingerprint density at radius 3 is 2.17 bits per heavy atom. The number of hydrogen-bond donors (Lipinski definition) is 1. The number of rotatable bonds is 13. The third-order valence-electron chi connectivity index (χ3n) is 2.94. The number of nitrogens with one attached hydrogen (secondary N) is 1. The first-order valence-corrected chi connectivity index (χ1v) is 8.81. The average molecular weight is 273 g/mol. The lowest BCUT2D eigenvalue weighted by Crippen LogP contribution is -2.24. The SMILES string of the molecule is CCCCCSCCCCNC(=O)CCCCC.